The number of amides is 1. The van der Waals surface area contributed by atoms with Gasteiger partial charge in [-0.2, -0.15) is 0 Å². The number of hydrogen-bond donors (Lipinski definition) is 2. The highest BCUT2D eigenvalue weighted by Gasteiger charge is 2.08. The number of carbonyl (C=O) groups excluding carboxylic acids is 1. The van der Waals surface area contributed by atoms with E-state index in [-0.39, 0.29) is 5.91 Å². The monoisotopic (exact) mass is 237 g/mol. The Kier molecular flexibility index (Phi) is 3.16. The first-order valence-corrected chi connectivity index (χ1v) is 5.58. The van der Waals surface area contributed by atoms with Crippen molar-refractivity contribution in [3.05, 3.63) is 29.8 Å². The van der Waals surface area contributed by atoms with E-state index in [1.165, 1.54) is 11.3 Å². The quantitative estimate of drug-likeness (QED) is 0.803. The molecule has 84 valence electrons. The summed E-state index contributed by atoms with van der Waals surface area (Å²) in [4.78, 5) is 19.3. The van der Waals surface area contributed by atoms with E-state index in [0.29, 0.717) is 23.9 Å². The smallest absolute Gasteiger partial charge is 0.270 e. The van der Waals surface area contributed by atoms with Crippen LogP contribution in [0.4, 0.5) is 5.13 Å². The lowest BCUT2D eigenvalue weighted by atomic mass is 10.4. The highest BCUT2D eigenvalue weighted by molar-refractivity contribution is 7.13. The third-order valence-corrected chi connectivity index (χ3v) is 2.64. The highest BCUT2D eigenvalue weighted by Crippen LogP contribution is 2.10. The van der Waals surface area contributed by atoms with Crippen molar-refractivity contribution in [3.63, 3.8) is 0 Å². The van der Waals surface area contributed by atoms with Crippen LogP contribution in [0.5, 0.6) is 0 Å². The van der Waals surface area contributed by atoms with Gasteiger partial charge in [0.05, 0.1) is 6.33 Å². The van der Waals surface area contributed by atoms with Gasteiger partial charge in [-0.1, -0.05) is 0 Å². The van der Waals surface area contributed by atoms with Crippen molar-refractivity contribution >= 4 is 22.4 Å². The molecule has 0 bridgehead atoms. The van der Waals surface area contributed by atoms with Crippen LogP contribution < -0.4 is 11.1 Å². The molecule has 2 aromatic rings. The largest absolute Gasteiger partial charge is 0.375 e. The average Bonchev–Trinajstić information content (AvgIpc) is 2.89. The molecule has 0 spiro atoms. The fourth-order valence-corrected chi connectivity index (χ4v) is 1.74. The number of rotatable bonds is 4. The maximum atomic E-state index is 11.5. The second-order valence-corrected chi connectivity index (χ2v) is 4.02. The van der Waals surface area contributed by atoms with E-state index >= 15 is 0 Å². The van der Waals surface area contributed by atoms with Gasteiger partial charge in [-0.3, -0.25) is 4.79 Å². The molecule has 0 aromatic carbocycles. The Morgan fingerprint density at radius 1 is 1.62 bits per heavy atom. The third kappa shape index (κ3) is 2.57. The third-order valence-electron chi connectivity index (χ3n) is 1.97. The van der Waals surface area contributed by atoms with Crippen LogP contribution >= 0.6 is 11.3 Å². The first-order chi connectivity index (χ1) is 7.75. The minimum atomic E-state index is -0.201. The number of nitrogens with two attached hydrogens (primary N) is 1. The molecule has 0 aliphatic rings. The van der Waals surface area contributed by atoms with Crippen LogP contribution in [0.1, 0.15) is 10.5 Å². The molecule has 3 N–H and O–H groups in total. The van der Waals surface area contributed by atoms with Crippen LogP contribution in [0.15, 0.2) is 24.1 Å². The summed E-state index contributed by atoms with van der Waals surface area (Å²) in [5.74, 6) is -0.201. The topological polar surface area (TPSA) is 85.8 Å². The normalized spacial score (nSPS) is 10.2. The Hall–Kier alpha value is -1.89. The highest BCUT2D eigenvalue weighted by atomic mass is 32.1. The van der Waals surface area contributed by atoms with Gasteiger partial charge in [-0.05, 0) is 0 Å². The van der Waals surface area contributed by atoms with Gasteiger partial charge in [0.1, 0.15) is 5.69 Å². The second kappa shape index (κ2) is 4.75. The molecule has 2 aromatic heterocycles. The predicted molar refractivity (Wildman–Crippen MR) is 61.1 cm³/mol. The average molecular weight is 237 g/mol. The van der Waals surface area contributed by atoms with Crippen LogP contribution in [0, 0.1) is 0 Å². The van der Waals surface area contributed by atoms with Gasteiger partial charge in [-0.15, -0.1) is 11.3 Å². The Morgan fingerprint density at radius 2 is 2.50 bits per heavy atom. The SMILES string of the molecule is Nc1nc(C(=O)NCCn2ccnc2)cs1. The molecule has 0 aliphatic heterocycles. The number of anilines is 1. The summed E-state index contributed by atoms with van der Waals surface area (Å²) in [5, 5.41) is 4.79. The Bertz CT molecular complexity index is 464. The van der Waals surface area contributed by atoms with E-state index in [1.807, 2.05) is 10.8 Å². The van der Waals surface area contributed by atoms with Crippen LogP contribution in [-0.4, -0.2) is 27.0 Å². The Labute approximate surface area is 96.1 Å². The lowest BCUT2D eigenvalue weighted by Gasteiger charge is -2.03. The molecular formula is C9H11N5OS. The van der Waals surface area contributed by atoms with E-state index in [0.717, 1.165) is 0 Å². The number of aromatic nitrogens is 3. The van der Waals surface area contributed by atoms with E-state index < -0.39 is 0 Å². The van der Waals surface area contributed by atoms with Crippen molar-refractivity contribution in [2.24, 2.45) is 0 Å². The zero-order chi connectivity index (χ0) is 11.4. The van der Waals surface area contributed by atoms with Gasteiger partial charge in [0.15, 0.2) is 5.13 Å². The molecule has 0 saturated heterocycles. The Balaban J connectivity index is 1.80. The molecular weight excluding hydrogens is 226 g/mol. The molecule has 0 aliphatic carbocycles. The molecule has 0 radical (unpaired) electrons. The Morgan fingerprint density at radius 3 is 3.12 bits per heavy atom. The molecule has 7 heteroatoms. The summed E-state index contributed by atoms with van der Waals surface area (Å²) in [5.41, 5.74) is 5.81. The molecule has 2 rings (SSSR count). The number of hydrogen-bond acceptors (Lipinski definition) is 5. The van der Waals surface area contributed by atoms with E-state index in [1.54, 1.807) is 17.9 Å². The first-order valence-electron chi connectivity index (χ1n) is 4.70. The van der Waals surface area contributed by atoms with Crippen LogP contribution in [0.25, 0.3) is 0 Å². The lowest BCUT2D eigenvalue weighted by molar-refractivity contribution is 0.0948. The standard InChI is InChI=1S/C9H11N5OS/c10-9-13-7(5-16-9)8(15)12-2-4-14-3-1-11-6-14/h1,3,5-6H,2,4H2,(H2,10,13)(H,12,15). The fraction of sp³-hybridized carbons (Fsp3) is 0.222. The van der Waals surface area contributed by atoms with Gasteiger partial charge in [0, 0.05) is 30.9 Å². The zero-order valence-electron chi connectivity index (χ0n) is 8.46. The van der Waals surface area contributed by atoms with Crippen molar-refractivity contribution in [1.82, 2.24) is 19.9 Å². The number of thiazole rings is 1. The molecule has 16 heavy (non-hydrogen) atoms. The van der Waals surface area contributed by atoms with Crippen molar-refractivity contribution < 1.29 is 4.79 Å². The molecule has 1 amide bonds. The van der Waals surface area contributed by atoms with E-state index in [2.05, 4.69) is 15.3 Å². The summed E-state index contributed by atoms with van der Waals surface area (Å²) in [6.07, 6.45) is 5.24. The van der Waals surface area contributed by atoms with Crippen LogP contribution in [0.2, 0.25) is 0 Å². The summed E-state index contributed by atoms with van der Waals surface area (Å²) >= 11 is 1.25. The number of nitrogens with zero attached hydrogens (tertiary/aromatic N) is 3. The van der Waals surface area contributed by atoms with Gasteiger partial charge in [0.25, 0.3) is 5.91 Å². The van der Waals surface area contributed by atoms with E-state index in [4.69, 9.17) is 5.73 Å². The maximum absolute atomic E-state index is 11.5. The first kappa shape index (κ1) is 10.6. The lowest BCUT2D eigenvalue weighted by Crippen LogP contribution is -2.27. The number of nitrogens with one attached hydrogen (secondary N) is 1. The van der Waals surface area contributed by atoms with E-state index in [9.17, 15) is 4.79 Å². The summed E-state index contributed by atoms with van der Waals surface area (Å²) < 4.78 is 1.88. The predicted octanol–water partition coefficient (Wildman–Crippen LogP) is 0.352. The summed E-state index contributed by atoms with van der Waals surface area (Å²) in [6.45, 7) is 1.22. The van der Waals surface area contributed by atoms with Crippen molar-refractivity contribution in [2.45, 2.75) is 6.54 Å². The van der Waals surface area contributed by atoms with Crippen LogP contribution in [0.3, 0.4) is 0 Å². The molecule has 2 heterocycles. The van der Waals surface area contributed by atoms with Crippen LogP contribution in [-0.2, 0) is 6.54 Å². The summed E-state index contributed by atoms with van der Waals surface area (Å²) in [7, 11) is 0. The number of imidazole rings is 1. The zero-order valence-corrected chi connectivity index (χ0v) is 9.28. The molecule has 0 atom stereocenters. The molecule has 0 fully saturated rings. The molecule has 6 nitrogen and oxygen atoms in total. The minimum Gasteiger partial charge on any atom is -0.375 e. The number of carbonyl (C=O) groups is 1. The van der Waals surface area contributed by atoms with Gasteiger partial charge < -0.3 is 15.6 Å². The maximum Gasteiger partial charge on any atom is 0.270 e. The van der Waals surface area contributed by atoms with Crippen molar-refractivity contribution in [3.8, 4) is 0 Å². The minimum absolute atomic E-state index is 0.201. The van der Waals surface area contributed by atoms with Gasteiger partial charge >= 0.3 is 0 Å². The molecule has 0 saturated carbocycles. The fourth-order valence-electron chi connectivity index (χ4n) is 1.20. The van der Waals surface area contributed by atoms with Gasteiger partial charge in [-0.25, -0.2) is 9.97 Å². The van der Waals surface area contributed by atoms with Gasteiger partial charge in [0.2, 0.25) is 0 Å². The number of nitrogen functional groups attached to an aromatic ring is 1. The second-order valence-electron chi connectivity index (χ2n) is 3.13. The molecule has 0 unspecified atom stereocenters. The van der Waals surface area contributed by atoms with Crippen molar-refractivity contribution in [1.29, 1.82) is 0 Å². The summed E-state index contributed by atoms with van der Waals surface area (Å²) in [6, 6.07) is 0. The van der Waals surface area contributed by atoms with Crippen molar-refractivity contribution in [2.75, 3.05) is 12.3 Å².